The number of benzene rings is 2. The second-order valence-corrected chi connectivity index (χ2v) is 6.67. The van der Waals surface area contributed by atoms with E-state index in [0.717, 1.165) is 22.9 Å². The van der Waals surface area contributed by atoms with Gasteiger partial charge in [-0.05, 0) is 43.3 Å². The van der Waals surface area contributed by atoms with Crippen molar-refractivity contribution in [3.05, 3.63) is 66.4 Å². The van der Waals surface area contributed by atoms with E-state index in [1.807, 2.05) is 43.3 Å². The van der Waals surface area contributed by atoms with Gasteiger partial charge in [0.25, 0.3) is 0 Å². The summed E-state index contributed by atoms with van der Waals surface area (Å²) < 4.78 is 24.4. The fourth-order valence-corrected chi connectivity index (χ4v) is 2.75. The van der Waals surface area contributed by atoms with Crippen molar-refractivity contribution in [2.45, 2.75) is 11.8 Å². The number of sulfonamides is 1. The summed E-state index contributed by atoms with van der Waals surface area (Å²) in [6.07, 6.45) is 0. The van der Waals surface area contributed by atoms with E-state index in [4.69, 9.17) is 5.14 Å². The van der Waals surface area contributed by atoms with Crippen LogP contribution in [0.3, 0.4) is 0 Å². The van der Waals surface area contributed by atoms with Crippen molar-refractivity contribution in [1.29, 1.82) is 0 Å². The van der Waals surface area contributed by atoms with E-state index in [1.54, 1.807) is 16.8 Å². The number of hydrogen-bond donors (Lipinski definition) is 2. The second-order valence-electron chi connectivity index (χ2n) is 5.11. The molecule has 0 aliphatic rings. The molecule has 0 unspecified atom stereocenters. The van der Waals surface area contributed by atoms with Crippen molar-refractivity contribution >= 4 is 21.5 Å². The Labute approximate surface area is 134 Å². The highest BCUT2D eigenvalue weighted by Gasteiger charge is 2.10. The standard InChI is InChI=1S/C16H16N4O2S/c1-12-11-16(20(19-12)14-5-3-2-4-6-14)18-13-7-9-15(10-8-13)23(17,21)22/h2-11,18H,1H3,(H2,17,21,22). The Morgan fingerprint density at radius 1 is 1.04 bits per heavy atom. The first-order chi connectivity index (χ1) is 10.9. The number of hydrogen-bond acceptors (Lipinski definition) is 4. The number of aryl methyl sites for hydroxylation is 1. The Hall–Kier alpha value is -2.64. The van der Waals surface area contributed by atoms with Crippen LogP contribution in [0.2, 0.25) is 0 Å². The molecule has 0 fully saturated rings. The van der Waals surface area contributed by atoms with Gasteiger partial charge in [0, 0.05) is 11.8 Å². The molecule has 0 atom stereocenters. The zero-order valence-corrected chi connectivity index (χ0v) is 13.3. The molecule has 0 saturated carbocycles. The molecule has 118 valence electrons. The quantitative estimate of drug-likeness (QED) is 0.770. The number of nitrogens with one attached hydrogen (secondary N) is 1. The highest BCUT2D eigenvalue weighted by Crippen LogP contribution is 2.22. The van der Waals surface area contributed by atoms with Gasteiger partial charge in [0.15, 0.2) is 0 Å². The molecule has 2 aromatic carbocycles. The maximum Gasteiger partial charge on any atom is 0.238 e. The number of nitrogens with two attached hydrogens (primary N) is 1. The van der Waals surface area contributed by atoms with Gasteiger partial charge in [-0.1, -0.05) is 18.2 Å². The molecule has 23 heavy (non-hydrogen) atoms. The monoisotopic (exact) mass is 328 g/mol. The Morgan fingerprint density at radius 2 is 1.70 bits per heavy atom. The Morgan fingerprint density at radius 3 is 2.30 bits per heavy atom. The van der Waals surface area contributed by atoms with Crippen LogP contribution in [0.25, 0.3) is 5.69 Å². The molecule has 0 spiro atoms. The van der Waals surface area contributed by atoms with E-state index < -0.39 is 10.0 Å². The fourth-order valence-electron chi connectivity index (χ4n) is 2.23. The fraction of sp³-hybridized carbons (Fsp3) is 0.0625. The molecule has 0 radical (unpaired) electrons. The van der Waals surface area contributed by atoms with Crippen molar-refractivity contribution in [1.82, 2.24) is 9.78 Å². The van der Waals surface area contributed by atoms with Crippen LogP contribution in [-0.4, -0.2) is 18.2 Å². The molecule has 1 aromatic heterocycles. The van der Waals surface area contributed by atoms with Gasteiger partial charge in [0.05, 0.1) is 16.3 Å². The first-order valence-corrected chi connectivity index (χ1v) is 8.50. The first-order valence-electron chi connectivity index (χ1n) is 6.95. The Kier molecular flexibility index (Phi) is 3.89. The summed E-state index contributed by atoms with van der Waals surface area (Å²) in [5.74, 6) is 0.789. The topological polar surface area (TPSA) is 90.0 Å². The summed E-state index contributed by atoms with van der Waals surface area (Å²) >= 11 is 0. The molecule has 3 rings (SSSR count). The summed E-state index contributed by atoms with van der Waals surface area (Å²) in [5.41, 5.74) is 2.55. The molecule has 7 heteroatoms. The third-order valence-corrected chi connectivity index (χ3v) is 4.22. The normalized spacial score (nSPS) is 11.4. The third-order valence-electron chi connectivity index (χ3n) is 3.29. The van der Waals surface area contributed by atoms with E-state index in [-0.39, 0.29) is 4.90 Å². The van der Waals surface area contributed by atoms with Gasteiger partial charge in [0.2, 0.25) is 10.0 Å². The highest BCUT2D eigenvalue weighted by atomic mass is 32.2. The Balaban J connectivity index is 1.92. The molecule has 0 amide bonds. The minimum Gasteiger partial charge on any atom is -0.340 e. The molecule has 0 bridgehead atoms. The Bertz CT molecular complexity index is 916. The van der Waals surface area contributed by atoms with Crippen LogP contribution in [-0.2, 0) is 10.0 Å². The molecule has 0 aliphatic heterocycles. The molecule has 1 heterocycles. The minimum absolute atomic E-state index is 0.0794. The lowest BCUT2D eigenvalue weighted by atomic mass is 10.3. The number of rotatable bonds is 4. The molecule has 0 saturated heterocycles. The van der Waals surface area contributed by atoms with Crippen molar-refractivity contribution < 1.29 is 8.42 Å². The van der Waals surface area contributed by atoms with Gasteiger partial charge in [0.1, 0.15) is 5.82 Å². The van der Waals surface area contributed by atoms with Crippen LogP contribution in [0, 0.1) is 6.92 Å². The van der Waals surface area contributed by atoms with Crippen LogP contribution in [0.15, 0.2) is 65.6 Å². The predicted octanol–water partition coefficient (Wildman–Crippen LogP) is 2.57. The predicted molar refractivity (Wildman–Crippen MR) is 89.4 cm³/mol. The third kappa shape index (κ3) is 3.41. The number of aromatic nitrogens is 2. The van der Waals surface area contributed by atoms with E-state index in [1.165, 1.54) is 12.1 Å². The summed E-state index contributed by atoms with van der Waals surface area (Å²) in [4.78, 5) is 0.0794. The first kappa shape index (κ1) is 15.3. The lowest BCUT2D eigenvalue weighted by Crippen LogP contribution is -2.11. The molecule has 3 N–H and O–H groups in total. The van der Waals surface area contributed by atoms with Crippen LogP contribution >= 0.6 is 0 Å². The zero-order chi connectivity index (χ0) is 16.4. The number of para-hydroxylation sites is 1. The highest BCUT2D eigenvalue weighted by molar-refractivity contribution is 7.89. The van der Waals surface area contributed by atoms with Crippen molar-refractivity contribution in [2.24, 2.45) is 5.14 Å². The van der Waals surface area contributed by atoms with Gasteiger partial charge in [-0.15, -0.1) is 0 Å². The SMILES string of the molecule is Cc1cc(Nc2ccc(S(N)(=O)=O)cc2)n(-c2ccccc2)n1. The van der Waals surface area contributed by atoms with E-state index >= 15 is 0 Å². The van der Waals surface area contributed by atoms with Crippen LogP contribution < -0.4 is 10.5 Å². The largest absolute Gasteiger partial charge is 0.340 e. The van der Waals surface area contributed by atoms with Gasteiger partial charge < -0.3 is 5.32 Å². The van der Waals surface area contributed by atoms with E-state index in [2.05, 4.69) is 10.4 Å². The van der Waals surface area contributed by atoms with Crippen molar-refractivity contribution in [3.63, 3.8) is 0 Å². The lowest BCUT2D eigenvalue weighted by Gasteiger charge is -2.10. The van der Waals surface area contributed by atoms with Crippen molar-refractivity contribution in [2.75, 3.05) is 5.32 Å². The van der Waals surface area contributed by atoms with Gasteiger partial charge in [-0.25, -0.2) is 18.2 Å². The average molecular weight is 328 g/mol. The van der Waals surface area contributed by atoms with Gasteiger partial charge >= 0.3 is 0 Å². The molecule has 3 aromatic rings. The lowest BCUT2D eigenvalue weighted by molar-refractivity contribution is 0.598. The summed E-state index contributed by atoms with van der Waals surface area (Å²) in [5, 5.41) is 12.8. The van der Waals surface area contributed by atoms with E-state index in [0.29, 0.717) is 0 Å². The van der Waals surface area contributed by atoms with Crippen molar-refractivity contribution in [3.8, 4) is 5.69 Å². The molecular weight excluding hydrogens is 312 g/mol. The number of nitrogens with zero attached hydrogens (tertiary/aromatic N) is 2. The summed E-state index contributed by atoms with van der Waals surface area (Å²) in [6.45, 7) is 1.91. The summed E-state index contributed by atoms with van der Waals surface area (Å²) in [6, 6.07) is 17.9. The smallest absolute Gasteiger partial charge is 0.238 e. The minimum atomic E-state index is -3.68. The van der Waals surface area contributed by atoms with E-state index in [9.17, 15) is 8.42 Å². The number of primary sulfonamides is 1. The average Bonchev–Trinajstić information content (AvgIpc) is 2.88. The second kappa shape index (κ2) is 5.86. The zero-order valence-electron chi connectivity index (χ0n) is 12.5. The summed E-state index contributed by atoms with van der Waals surface area (Å²) in [7, 11) is -3.68. The maximum absolute atomic E-state index is 11.3. The molecule has 6 nitrogen and oxygen atoms in total. The molecular formula is C16H16N4O2S. The van der Waals surface area contributed by atoms with Crippen LogP contribution in [0.1, 0.15) is 5.69 Å². The van der Waals surface area contributed by atoms with Crippen LogP contribution in [0.4, 0.5) is 11.5 Å². The maximum atomic E-state index is 11.3. The van der Waals surface area contributed by atoms with Gasteiger partial charge in [-0.3, -0.25) is 0 Å². The van der Waals surface area contributed by atoms with Gasteiger partial charge in [-0.2, -0.15) is 5.10 Å². The molecule has 0 aliphatic carbocycles. The van der Waals surface area contributed by atoms with Crippen LogP contribution in [0.5, 0.6) is 0 Å². The number of anilines is 2.